The summed E-state index contributed by atoms with van der Waals surface area (Å²) in [5, 5.41) is 11.0. The maximum absolute atomic E-state index is 11.7. The van der Waals surface area contributed by atoms with Crippen LogP contribution >= 0.6 is 0 Å². The topological polar surface area (TPSA) is 87.2 Å². The predicted molar refractivity (Wildman–Crippen MR) is 87.5 cm³/mol. The van der Waals surface area contributed by atoms with Crippen LogP contribution in [0.1, 0.15) is 11.1 Å². The van der Waals surface area contributed by atoms with Crippen LogP contribution in [0.2, 0.25) is 0 Å². The number of benzene rings is 1. The van der Waals surface area contributed by atoms with Crippen molar-refractivity contribution in [2.24, 2.45) is 0 Å². The van der Waals surface area contributed by atoms with Gasteiger partial charge in [-0.1, -0.05) is 12.1 Å². The zero-order valence-corrected chi connectivity index (χ0v) is 13.8. The van der Waals surface area contributed by atoms with Crippen LogP contribution in [0, 0.1) is 13.8 Å². The van der Waals surface area contributed by atoms with Crippen LogP contribution in [0.4, 0.5) is 17.3 Å². The van der Waals surface area contributed by atoms with Crippen molar-refractivity contribution >= 4 is 27.5 Å². The van der Waals surface area contributed by atoms with Gasteiger partial charge in [0.05, 0.1) is 0 Å². The maximum atomic E-state index is 11.7. The van der Waals surface area contributed by atoms with Gasteiger partial charge in [0, 0.05) is 19.8 Å². The summed E-state index contributed by atoms with van der Waals surface area (Å²) in [5.74, 6) is 0.710. The standard InChI is InChI=1S/C14H19N5O2S/c1-10-5-6-11(2)12(9-10)15-13-7-8-14(17-16-13)18-22(20,21)19(3)4/h5-9H,1-4H3,(H,15,16)(H,17,18). The molecule has 118 valence electrons. The van der Waals surface area contributed by atoms with E-state index in [1.54, 1.807) is 12.1 Å². The molecule has 0 atom stereocenters. The van der Waals surface area contributed by atoms with Crippen molar-refractivity contribution in [3.8, 4) is 0 Å². The summed E-state index contributed by atoms with van der Waals surface area (Å²) in [6, 6.07) is 9.29. The highest BCUT2D eigenvalue weighted by atomic mass is 32.2. The molecule has 0 unspecified atom stereocenters. The average molecular weight is 321 g/mol. The van der Waals surface area contributed by atoms with E-state index in [9.17, 15) is 8.42 Å². The number of aromatic nitrogens is 2. The molecule has 1 aromatic carbocycles. The second-order valence-electron chi connectivity index (χ2n) is 5.14. The van der Waals surface area contributed by atoms with E-state index in [-0.39, 0.29) is 5.82 Å². The van der Waals surface area contributed by atoms with Crippen LogP contribution in [0.25, 0.3) is 0 Å². The minimum Gasteiger partial charge on any atom is -0.339 e. The monoisotopic (exact) mass is 321 g/mol. The molecule has 2 aromatic rings. The number of nitrogens with one attached hydrogen (secondary N) is 2. The molecule has 1 heterocycles. The van der Waals surface area contributed by atoms with E-state index in [0.717, 1.165) is 21.1 Å². The lowest BCUT2D eigenvalue weighted by Crippen LogP contribution is -2.29. The molecule has 2 rings (SSSR count). The number of aryl methyl sites for hydroxylation is 2. The van der Waals surface area contributed by atoms with E-state index in [1.807, 2.05) is 32.0 Å². The molecule has 0 fully saturated rings. The molecule has 0 aliphatic heterocycles. The smallest absolute Gasteiger partial charge is 0.302 e. The van der Waals surface area contributed by atoms with Gasteiger partial charge in [0.25, 0.3) is 0 Å². The molecular weight excluding hydrogens is 302 g/mol. The van der Waals surface area contributed by atoms with Crippen LogP contribution in [-0.2, 0) is 10.2 Å². The third-order valence-corrected chi connectivity index (χ3v) is 4.46. The fourth-order valence-corrected chi connectivity index (χ4v) is 2.24. The van der Waals surface area contributed by atoms with Crippen molar-refractivity contribution in [1.82, 2.24) is 14.5 Å². The van der Waals surface area contributed by atoms with E-state index in [2.05, 4.69) is 20.2 Å². The Hall–Kier alpha value is -2.19. The second kappa shape index (κ2) is 6.29. The Balaban J connectivity index is 2.14. The molecule has 1 aromatic heterocycles. The molecule has 0 aliphatic carbocycles. The van der Waals surface area contributed by atoms with Crippen molar-refractivity contribution < 1.29 is 8.42 Å². The normalized spacial score (nSPS) is 11.5. The zero-order valence-electron chi connectivity index (χ0n) is 13.0. The third-order valence-electron chi connectivity index (χ3n) is 3.03. The number of hydrogen-bond acceptors (Lipinski definition) is 5. The Morgan fingerprint density at radius 2 is 1.64 bits per heavy atom. The fourth-order valence-electron chi connectivity index (χ4n) is 1.69. The fraction of sp³-hybridized carbons (Fsp3) is 0.286. The van der Waals surface area contributed by atoms with Gasteiger partial charge in [-0.25, -0.2) is 0 Å². The minimum atomic E-state index is -3.57. The molecule has 8 heteroatoms. The van der Waals surface area contributed by atoms with Crippen molar-refractivity contribution in [3.63, 3.8) is 0 Å². The SMILES string of the molecule is Cc1ccc(C)c(Nc2ccc(NS(=O)(=O)N(C)C)nn2)c1. The van der Waals surface area contributed by atoms with Gasteiger partial charge in [-0.2, -0.15) is 12.7 Å². The van der Waals surface area contributed by atoms with Crippen molar-refractivity contribution in [2.75, 3.05) is 24.1 Å². The van der Waals surface area contributed by atoms with Gasteiger partial charge in [0.1, 0.15) is 0 Å². The van der Waals surface area contributed by atoms with Gasteiger partial charge >= 0.3 is 10.2 Å². The summed E-state index contributed by atoms with van der Waals surface area (Å²) in [6.45, 7) is 4.00. The first-order valence-electron chi connectivity index (χ1n) is 6.66. The van der Waals surface area contributed by atoms with E-state index < -0.39 is 10.2 Å². The molecule has 2 N–H and O–H groups in total. The van der Waals surface area contributed by atoms with Gasteiger partial charge in [0.15, 0.2) is 11.6 Å². The van der Waals surface area contributed by atoms with Gasteiger partial charge < -0.3 is 5.32 Å². The first-order chi connectivity index (χ1) is 10.3. The number of anilines is 3. The molecule has 0 spiro atoms. The van der Waals surface area contributed by atoms with Crippen LogP contribution < -0.4 is 10.0 Å². The van der Waals surface area contributed by atoms with E-state index >= 15 is 0 Å². The van der Waals surface area contributed by atoms with Crippen LogP contribution in [0.15, 0.2) is 30.3 Å². The van der Waals surface area contributed by atoms with Gasteiger partial charge in [-0.3, -0.25) is 4.72 Å². The van der Waals surface area contributed by atoms with Gasteiger partial charge in [-0.15, -0.1) is 10.2 Å². The first-order valence-corrected chi connectivity index (χ1v) is 8.10. The Morgan fingerprint density at radius 3 is 2.23 bits per heavy atom. The Kier molecular flexibility index (Phi) is 4.62. The van der Waals surface area contributed by atoms with E-state index in [1.165, 1.54) is 14.1 Å². The summed E-state index contributed by atoms with van der Waals surface area (Å²) >= 11 is 0. The largest absolute Gasteiger partial charge is 0.339 e. The predicted octanol–water partition coefficient (Wildman–Crippen LogP) is 2.06. The van der Waals surface area contributed by atoms with Crippen LogP contribution in [0.5, 0.6) is 0 Å². The quantitative estimate of drug-likeness (QED) is 0.880. The molecular formula is C14H19N5O2S. The summed E-state index contributed by atoms with van der Waals surface area (Å²) < 4.78 is 26.8. The number of nitrogens with zero attached hydrogens (tertiary/aromatic N) is 3. The summed E-state index contributed by atoms with van der Waals surface area (Å²) in [4.78, 5) is 0. The first kappa shape index (κ1) is 16.2. The molecule has 7 nitrogen and oxygen atoms in total. The Labute approximate surface area is 130 Å². The van der Waals surface area contributed by atoms with Crippen molar-refractivity contribution in [3.05, 3.63) is 41.5 Å². The molecule has 0 bridgehead atoms. The minimum absolute atomic E-state index is 0.167. The highest BCUT2D eigenvalue weighted by Crippen LogP contribution is 2.20. The molecule has 0 aliphatic rings. The van der Waals surface area contributed by atoms with Crippen LogP contribution in [0.3, 0.4) is 0 Å². The number of hydrogen-bond donors (Lipinski definition) is 2. The maximum Gasteiger partial charge on any atom is 0.302 e. The Morgan fingerprint density at radius 1 is 1.00 bits per heavy atom. The zero-order chi connectivity index (χ0) is 16.3. The highest BCUT2D eigenvalue weighted by Gasteiger charge is 2.13. The molecule has 0 saturated carbocycles. The molecule has 0 amide bonds. The summed E-state index contributed by atoms with van der Waals surface area (Å²) in [6.07, 6.45) is 0. The molecule has 0 radical (unpaired) electrons. The van der Waals surface area contributed by atoms with E-state index in [4.69, 9.17) is 0 Å². The number of rotatable bonds is 5. The third kappa shape index (κ3) is 3.92. The lowest BCUT2D eigenvalue weighted by molar-refractivity contribution is 0.526. The highest BCUT2D eigenvalue weighted by molar-refractivity contribution is 7.90. The lowest BCUT2D eigenvalue weighted by Gasteiger charge is -2.13. The van der Waals surface area contributed by atoms with E-state index in [0.29, 0.717) is 5.82 Å². The van der Waals surface area contributed by atoms with Gasteiger partial charge in [-0.05, 0) is 43.2 Å². The summed E-state index contributed by atoms with van der Waals surface area (Å²) in [7, 11) is -0.701. The lowest BCUT2D eigenvalue weighted by atomic mass is 10.1. The second-order valence-corrected chi connectivity index (χ2v) is 7.02. The Bertz CT molecular complexity index is 757. The van der Waals surface area contributed by atoms with Crippen molar-refractivity contribution in [1.29, 1.82) is 0 Å². The average Bonchev–Trinajstić information content (AvgIpc) is 2.44. The molecule has 22 heavy (non-hydrogen) atoms. The molecule has 0 saturated heterocycles. The van der Waals surface area contributed by atoms with Gasteiger partial charge in [0.2, 0.25) is 0 Å². The van der Waals surface area contributed by atoms with Crippen molar-refractivity contribution in [2.45, 2.75) is 13.8 Å². The summed E-state index contributed by atoms with van der Waals surface area (Å²) in [5.41, 5.74) is 3.16. The van der Waals surface area contributed by atoms with Crippen LogP contribution in [-0.4, -0.2) is 37.0 Å².